The molecule has 0 radical (unpaired) electrons. The molecule has 0 saturated heterocycles. The molecule has 0 aliphatic heterocycles. The van der Waals surface area contributed by atoms with E-state index < -0.39 is 18.0 Å². The molecule has 0 saturated carbocycles. The lowest BCUT2D eigenvalue weighted by Crippen LogP contribution is -2.47. The summed E-state index contributed by atoms with van der Waals surface area (Å²) in [6.07, 6.45) is 0.844. The highest BCUT2D eigenvalue weighted by Gasteiger charge is 2.18. The van der Waals surface area contributed by atoms with Crippen molar-refractivity contribution in [2.24, 2.45) is 5.73 Å². The molecule has 2 atom stereocenters. The summed E-state index contributed by atoms with van der Waals surface area (Å²) in [5, 5.41) is 5.26. The van der Waals surface area contributed by atoms with Crippen LogP contribution in [0.5, 0.6) is 0 Å². The molecule has 1 aromatic rings. The lowest BCUT2D eigenvalue weighted by Gasteiger charge is -2.22. The Morgan fingerprint density at radius 3 is 2.32 bits per heavy atom. The van der Waals surface area contributed by atoms with Gasteiger partial charge in [0.25, 0.3) is 0 Å². The molecule has 0 spiro atoms. The maximum Gasteiger partial charge on any atom is 0.318 e. The lowest BCUT2D eigenvalue weighted by molar-refractivity contribution is -0.121. The number of urea groups is 1. The van der Waals surface area contributed by atoms with Crippen LogP contribution in [0, 0.1) is 6.92 Å². The maximum atomic E-state index is 11.6. The van der Waals surface area contributed by atoms with E-state index in [1.54, 1.807) is 6.92 Å². The molecule has 1 aromatic carbocycles. The van der Waals surface area contributed by atoms with Crippen LogP contribution in [0.25, 0.3) is 0 Å². The third kappa shape index (κ3) is 4.71. The van der Waals surface area contributed by atoms with Gasteiger partial charge in [0.2, 0.25) is 5.91 Å². The number of nitrogens with one attached hydrogen (secondary N) is 2. The molecule has 0 bridgehead atoms. The molecular formula is C14H21N3O2. The number of hydrogen-bond acceptors (Lipinski definition) is 3. The molecule has 0 aromatic heterocycles. The van der Waals surface area contributed by atoms with Crippen LogP contribution in [0.2, 0.25) is 0 Å². The predicted octanol–water partition coefficient (Wildman–Crippen LogP) is 1.62. The van der Waals surface area contributed by atoms with Gasteiger partial charge in [-0.15, -0.1) is 0 Å². The highest BCUT2D eigenvalue weighted by molar-refractivity contribution is 5.96. The van der Waals surface area contributed by atoms with E-state index in [0.717, 1.165) is 12.0 Å². The van der Waals surface area contributed by atoms with Crippen LogP contribution in [0.15, 0.2) is 24.3 Å². The van der Waals surface area contributed by atoms with Gasteiger partial charge in [-0.05, 0) is 25.8 Å². The van der Waals surface area contributed by atoms with Crippen molar-refractivity contribution in [1.82, 2.24) is 10.6 Å². The van der Waals surface area contributed by atoms with E-state index in [9.17, 15) is 9.59 Å². The van der Waals surface area contributed by atoms with Crippen LogP contribution >= 0.6 is 0 Å². The summed E-state index contributed by atoms with van der Waals surface area (Å²) in [6, 6.07) is 6.89. The summed E-state index contributed by atoms with van der Waals surface area (Å²) in [5.41, 5.74) is 7.23. The zero-order valence-electron chi connectivity index (χ0n) is 11.6. The predicted molar refractivity (Wildman–Crippen MR) is 74.5 cm³/mol. The number of amides is 3. The monoisotopic (exact) mass is 263 g/mol. The minimum absolute atomic E-state index is 0.0641. The Kier molecular flexibility index (Phi) is 5.51. The van der Waals surface area contributed by atoms with E-state index in [1.165, 1.54) is 5.56 Å². The van der Waals surface area contributed by atoms with Crippen LogP contribution < -0.4 is 16.4 Å². The first-order valence-electron chi connectivity index (χ1n) is 6.37. The Balaban J connectivity index is 2.68. The summed E-state index contributed by atoms with van der Waals surface area (Å²) in [5.74, 6) is -0.418. The van der Waals surface area contributed by atoms with Crippen molar-refractivity contribution in [3.8, 4) is 0 Å². The van der Waals surface area contributed by atoms with Crippen molar-refractivity contribution >= 4 is 11.9 Å². The van der Waals surface area contributed by atoms with Gasteiger partial charge in [-0.1, -0.05) is 36.8 Å². The molecule has 0 aliphatic carbocycles. The van der Waals surface area contributed by atoms with Gasteiger partial charge in [-0.2, -0.15) is 0 Å². The zero-order valence-corrected chi connectivity index (χ0v) is 11.6. The third-order valence-corrected chi connectivity index (χ3v) is 2.98. The average molecular weight is 263 g/mol. The molecule has 0 aliphatic rings. The fourth-order valence-electron chi connectivity index (χ4n) is 1.86. The number of carbonyl (C=O) groups excluding carboxylic acids is 2. The van der Waals surface area contributed by atoms with E-state index in [-0.39, 0.29) is 6.04 Å². The molecule has 4 N–H and O–H groups in total. The van der Waals surface area contributed by atoms with Crippen LogP contribution in [-0.2, 0) is 4.79 Å². The third-order valence-electron chi connectivity index (χ3n) is 2.98. The number of hydrogen-bond donors (Lipinski definition) is 3. The highest BCUT2D eigenvalue weighted by atomic mass is 16.2. The molecule has 3 amide bonds. The van der Waals surface area contributed by atoms with Crippen molar-refractivity contribution in [3.63, 3.8) is 0 Å². The van der Waals surface area contributed by atoms with Gasteiger partial charge < -0.3 is 5.73 Å². The second kappa shape index (κ2) is 6.89. The first-order valence-corrected chi connectivity index (χ1v) is 6.37. The van der Waals surface area contributed by atoms with Gasteiger partial charge in [-0.25, -0.2) is 4.79 Å². The smallest absolute Gasteiger partial charge is 0.318 e. The molecule has 5 heteroatoms. The zero-order chi connectivity index (χ0) is 14.4. The summed E-state index contributed by atoms with van der Waals surface area (Å²) in [6.45, 7) is 5.77. The fraction of sp³-hybridized carbons (Fsp3) is 0.429. The number of imide groups is 1. The second-order valence-electron chi connectivity index (χ2n) is 4.61. The average Bonchev–Trinajstić information content (AvgIpc) is 2.36. The van der Waals surface area contributed by atoms with E-state index in [2.05, 4.69) is 10.6 Å². The molecule has 1 rings (SSSR count). The molecule has 2 unspecified atom stereocenters. The van der Waals surface area contributed by atoms with E-state index in [1.807, 2.05) is 38.1 Å². The summed E-state index contributed by atoms with van der Waals surface area (Å²) in [4.78, 5) is 22.3. The molecule has 104 valence electrons. The van der Waals surface area contributed by atoms with E-state index in [4.69, 9.17) is 5.73 Å². The molecular weight excluding hydrogens is 242 g/mol. The van der Waals surface area contributed by atoms with E-state index >= 15 is 0 Å². The van der Waals surface area contributed by atoms with E-state index in [0.29, 0.717) is 0 Å². The van der Waals surface area contributed by atoms with Crippen LogP contribution in [0.4, 0.5) is 4.79 Å². The van der Waals surface area contributed by atoms with Crippen molar-refractivity contribution in [3.05, 3.63) is 35.4 Å². The summed E-state index contributed by atoms with van der Waals surface area (Å²) < 4.78 is 0. The van der Waals surface area contributed by atoms with Crippen molar-refractivity contribution < 1.29 is 9.59 Å². The molecule has 0 fully saturated rings. The number of benzene rings is 1. The Hall–Kier alpha value is -1.88. The first kappa shape index (κ1) is 15.2. The highest BCUT2D eigenvalue weighted by Crippen LogP contribution is 2.17. The second-order valence-corrected chi connectivity index (χ2v) is 4.61. The Morgan fingerprint density at radius 2 is 1.84 bits per heavy atom. The standard InChI is InChI=1S/C14H21N3O2/c1-4-12(11-7-5-9(2)6-8-11)16-10(3)13(18)17-14(15)19/h5-8,10,12,16H,4H2,1-3H3,(H3,15,17,18,19). The Bertz CT molecular complexity index is 443. The van der Waals surface area contributed by atoms with Gasteiger partial charge in [0.1, 0.15) is 0 Å². The van der Waals surface area contributed by atoms with Crippen LogP contribution in [0.1, 0.15) is 37.4 Å². The number of aryl methyl sites for hydroxylation is 1. The van der Waals surface area contributed by atoms with Crippen LogP contribution in [0.3, 0.4) is 0 Å². The topological polar surface area (TPSA) is 84.2 Å². The minimum atomic E-state index is -0.831. The molecule has 5 nitrogen and oxygen atoms in total. The van der Waals surface area contributed by atoms with Crippen LogP contribution in [-0.4, -0.2) is 18.0 Å². The van der Waals surface area contributed by atoms with Gasteiger partial charge in [-0.3, -0.25) is 15.4 Å². The van der Waals surface area contributed by atoms with Crippen molar-refractivity contribution in [2.45, 2.75) is 39.3 Å². The summed E-state index contributed by atoms with van der Waals surface area (Å²) >= 11 is 0. The summed E-state index contributed by atoms with van der Waals surface area (Å²) in [7, 11) is 0. The molecule has 19 heavy (non-hydrogen) atoms. The quantitative estimate of drug-likeness (QED) is 0.754. The van der Waals surface area contributed by atoms with Crippen molar-refractivity contribution in [1.29, 1.82) is 0 Å². The first-order chi connectivity index (χ1) is 8.93. The van der Waals surface area contributed by atoms with Gasteiger partial charge in [0.05, 0.1) is 6.04 Å². The normalized spacial score (nSPS) is 13.6. The van der Waals surface area contributed by atoms with Gasteiger partial charge in [0.15, 0.2) is 0 Å². The number of primary amides is 1. The fourth-order valence-corrected chi connectivity index (χ4v) is 1.86. The molecule has 0 heterocycles. The minimum Gasteiger partial charge on any atom is -0.351 e. The maximum absolute atomic E-state index is 11.6. The lowest BCUT2D eigenvalue weighted by atomic mass is 10.0. The van der Waals surface area contributed by atoms with Crippen molar-refractivity contribution in [2.75, 3.05) is 0 Å². The Labute approximate surface area is 113 Å². The van der Waals surface area contributed by atoms with Gasteiger partial charge in [0, 0.05) is 6.04 Å². The number of carbonyl (C=O) groups is 2. The Morgan fingerprint density at radius 1 is 1.26 bits per heavy atom. The number of rotatable bonds is 5. The largest absolute Gasteiger partial charge is 0.351 e. The van der Waals surface area contributed by atoms with Gasteiger partial charge >= 0.3 is 6.03 Å². The number of nitrogens with two attached hydrogens (primary N) is 1. The SMILES string of the molecule is CCC(NC(C)C(=O)NC(N)=O)c1ccc(C)cc1.